The van der Waals surface area contributed by atoms with Gasteiger partial charge in [-0.3, -0.25) is 14.6 Å². The Bertz CT molecular complexity index is 539. The van der Waals surface area contributed by atoms with Gasteiger partial charge in [0.05, 0.1) is 10.9 Å². The second-order valence-corrected chi connectivity index (χ2v) is 3.32. The van der Waals surface area contributed by atoms with E-state index in [1.807, 2.05) is 6.92 Å². The maximum Gasteiger partial charge on any atom is 0.274 e. The molecule has 0 aliphatic carbocycles. The van der Waals surface area contributed by atoms with Crippen molar-refractivity contribution in [3.8, 4) is 0 Å². The molecule has 0 aliphatic rings. The minimum Gasteiger partial charge on any atom is -0.295 e. The minimum atomic E-state index is -0.262. The highest BCUT2D eigenvalue weighted by molar-refractivity contribution is 5.78. The largest absolute Gasteiger partial charge is 0.295 e. The molecule has 0 fully saturated rings. The molecule has 0 unspecified atom stereocenters. The van der Waals surface area contributed by atoms with Crippen LogP contribution in [-0.4, -0.2) is 9.78 Å². The van der Waals surface area contributed by atoms with E-state index in [0.717, 1.165) is 0 Å². The number of fused-ring (bicyclic) bond motifs is 1. The molecule has 0 radical (unpaired) electrons. The van der Waals surface area contributed by atoms with E-state index in [1.165, 1.54) is 10.7 Å². The number of hydrogen-bond donors (Lipinski definition) is 1. The maximum absolute atomic E-state index is 13.3. The van der Waals surface area contributed by atoms with Gasteiger partial charge in [0.25, 0.3) is 5.56 Å². The molecule has 1 aromatic heterocycles. The number of H-pyrrole nitrogens is 1. The Morgan fingerprint density at radius 1 is 1.50 bits per heavy atom. The first-order valence-corrected chi connectivity index (χ1v) is 4.50. The predicted molar refractivity (Wildman–Crippen MR) is 52.9 cm³/mol. The molecule has 1 aromatic carbocycles. The Morgan fingerprint density at radius 2 is 2.21 bits per heavy atom. The SMILES string of the molecule is CCc1cc2c(=O)n(C)[nH]c2cc1F. The summed E-state index contributed by atoms with van der Waals surface area (Å²) in [7, 11) is 1.62. The van der Waals surface area contributed by atoms with Crippen LogP contribution in [-0.2, 0) is 13.5 Å². The number of nitrogens with zero attached hydrogens (tertiary/aromatic N) is 1. The van der Waals surface area contributed by atoms with Gasteiger partial charge >= 0.3 is 0 Å². The molecular weight excluding hydrogens is 183 g/mol. The van der Waals surface area contributed by atoms with Gasteiger partial charge in [0.1, 0.15) is 5.82 Å². The number of aryl methyl sites for hydroxylation is 2. The summed E-state index contributed by atoms with van der Waals surface area (Å²) in [5, 5.41) is 3.33. The van der Waals surface area contributed by atoms with Gasteiger partial charge < -0.3 is 0 Å². The van der Waals surface area contributed by atoms with Crippen LogP contribution in [0.3, 0.4) is 0 Å². The lowest BCUT2D eigenvalue weighted by Crippen LogP contribution is -2.11. The Morgan fingerprint density at radius 3 is 2.86 bits per heavy atom. The molecule has 14 heavy (non-hydrogen) atoms. The van der Waals surface area contributed by atoms with Crippen molar-refractivity contribution < 1.29 is 4.39 Å². The summed E-state index contributed by atoms with van der Waals surface area (Å²) in [6.07, 6.45) is 0.593. The first kappa shape index (κ1) is 8.99. The average Bonchev–Trinajstić information content (AvgIpc) is 2.41. The van der Waals surface area contributed by atoms with Crippen LogP contribution < -0.4 is 5.56 Å². The van der Waals surface area contributed by atoms with Gasteiger partial charge in [0.15, 0.2) is 0 Å². The zero-order valence-electron chi connectivity index (χ0n) is 8.10. The minimum absolute atomic E-state index is 0.116. The van der Waals surface area contributed by atoms with E-state index in [2.05, 4.69) is 5.10 Å². The number of nitrogens with one attached hydrogen (secondary N) is 1. The number of hydrogen-bond acceptors (Lipinski definition) is 1. The molecule has 1 heterocycles. The molecule has 2 aromatic rings. The second kappa shape index (κ2) is 2.97. The van der Waals surface area contributed by atoms with Crippen LogP contribution in [0.15, 0.2) is 16.9 Å². The molecule has 0 saturated carbocycles. The van der Waals surface area contributed by atoms with Crippen LogP contribution in [0.25, 0.3) is 10.9 Å². The van der Waals surface area contributed by atoms with Crippen molar-refractivity contribution in [2.75, 3.05) is 0 Å². The summed E-state index contributed by atoms with van der Waals surface area (Å²) in [6, 6.07) is 2.99. The molecule has 0 saturated heterocycles. The zero-order chi connectivity index (χ0) is 10.3. The molecule has 0 amide bonds. The molecule has 0 atom stereocenters. The normalized spacial score (nSPS) is 11.1. The van der Waals surface area contributed by atoms with Crippen molar-refractivity contribution in [3.63, 3.8) is 0 Å². The third kappa shape index (κ3) is 1.14. The highest BCUT2D eigenvalue weighted by Gasteiger charge is 2.08. The van der Waals surface area contributed by atoms with Crippen molar-refractivity contribution in [1.82, 2.24) is 9.78 Å². The van der Waals surface area contributed by atoms with Crippen LogP contribution >= 0.6 is 0 Å². The van der Waals surface area contributed by atoms with Crippen LogP contribution in [0.2, 0.25) is 0 Å². The smallest absolute Gasteiger partial charge is 0.274 e. The molecule has 1 N–H and O–H groups in total. The van der Waals surface area contributed by atoms with Gasteiger partial charge in [0.2, 0.25) is 0 Å². The molecule has 0 bridgehead atoms. The molecular formula is C10H11FN2O. The van der Waals surface area contributed by atoms with Gasteiger partial charge in [-0.2, -0.15) is 0 Å². The highest BCUT2D eigenvalue weighted by Crippen LogP contribution is 2.15. The lowest BCUT2D eigenvalue weighted by Gasteiger charge is -1.97. The lowest BCUT2D eigenvalue weighted by atomic mass is 10.1. The van der Waals surface area contributed by atoms with Gasteiger partial charge in [-0.1, -0.05) is 6.92 Å². The van der Waals surface area contributed by atoms with Crippen molar-refractivity contribution >= 4 is 10.9 Å². The first-order valence-electron chi connectivity index (χ1n) is 4.50. The van der Waals surface area contributed by atoms with E-state index in [0.29, 0.717) is 22.9 Å². The second-order valence-electron chi connectivity index (χ2n) is 3.32. The van der Waals surface area contributed by atoms with Crippen molar-refractivity contribution in [1.29, 1.82) is 0 Å². The number of aromatic amines is 1. The topological polar surface area (TPSA) is 37.8 Å². The van der Waals surface area contributed by atoms with E-state index in [4.69, 9.17) is 0 Å². The summed E-state index contributed by atoms with van der Waals surface area (Å²) in [4.78, 5) is 11.5. The van der Waals surface area contributed by atoms with Gasteiger partial charge in [0, 0.05) is 7.05 Å². The van der Waals surface area contributed by atoms with Crippen LogP contribution in [0, 0.1) is 5.82 Å². The first-order chi connectivity index (χ1) is 6.63. The summed E-state index contributed by atoms with van der Waals surface area (Å²) in [6.45, 7) is 1.86. The van der Waals surface area contributed by atoms with Crippen LogP contribution in [0.1, 0.15) is 12.5 Å². The molecule has 4 heteroatoms. The Kier molecular flexibility index (Phi) is 1.91. The quantitative estimate of drug-likeness (QED) is 0.735. The molecule has 74 valence electrons. The maximum atomic E-state index is 13.3. The molecule has 0 spiro atoms. The van der Waals surface area contributed by atoms with Crippen LogP contribution in [0.4, 0.5) is 4.39 Å². The van der Waals surface area contributed by atoms with E-state index in [1.54, 1.807) is 13.1 Å². The molecule has 0 aliphatic heterocycles. The summed E-state index contributed by atoms with van der Waals surface area (Å²) < 4.78 is 14.7. The summed E-state index contributed by atoms with van der Waals surface area (Å²) in [5.74, 6) is -0.262. The molecule has 2 rings (SSSR count). The number of benzene rings is 1. The fourth-order valence-corrected chi connectivity index (χ4v) is 1.57. The van der Waals surface area contributed by atoms with Gasteiger partial charge in [-0.25, -0.2) is 4.39 Å². The fraction of sp³-hybridized carbons (Fsp3) is 0.300. The Labute approximate surface area is 80.1 Å². The summed E-state index contributed by atoms with van der Waals surface area (Å²) >= 11 is 0. The van der Waals surface area contributed by atoms with E-state index in [-0.39, 0.29) is 11.4 Å². The standard InChI is InChI=1S/C10H11FN2O/c1-3-6-4-7-9(5-8(6)11)12-13(2)10(7)14/h4-5,12H,3H2,1-2H3. The lowest BCUT2D eigenvalue weighted by molar-refractivity contribution is 0.614. The van der Waals surface area contributed by atoms with Crippen molar-refractivity contribution in [2.24, 2.45) is 7.05 Å². The van der Waals surface area contributed by atoms with E-state index >= 15 is 0 Å². The van der Waals surface area contributed by atoms with Crippen molar-refractivity contribution in [2.45, 2.75) is 13.3 Å². The van der Waals surface area contributed by atoms with E-state index < -0.39 is 0 Å². The zero-order valence-corrected chi connectivity index (χ0v) is 8.10. The number of aromatic nitrogens is 2. The van der Waals surface area contributed by atoms with Gasteiger partial charge in [-0.15, -0.1) is 0 Å². The Balaban J connectivity index is 2.87. The van der Waals surface area contributed by atoms with Crippen LogP contribution in [0.5, 0.6) is 0 Å². The fourth-order valence-electron chi connectivity index (χ4n) is 1.57. The van der Waals surface area contributed by atoms with Crippen molar-refractivity contribution in [3.05, 3.63) is 33.9 Å². The van der Waals surface area contributed by atoms with Gasteiger partial charge in [-0.05, 0) is 24.1 Å². The Hall–Kier alpha value is -1.58. The molecule has 3 nitrogen and oxygen atoms in total. The monoisotopic (exact) mass is 194 g/mol. The summed E-state index contributed by atoms with van der Waals surface area (Å²) in [5.41, 5.74) is 1.01. The van der Waals surface area contributed by atoms with E-state index in [9.17, 15) is 9.18 Å². The average molecular weight is 194 g/mol. The number of rotatable bonds is 1. The third-order valence-corrected chi connectivity index (χ3v) is 2.39. The number of halogens is 1. The predicted octanol–water partition coefficient (Wildman–Crippen LogP) is 1.57. The highest BCUT2D eigenvalue weighted by atomic mass is 19.1. The third-order valence-electron chi connectivity index (χ3n) is 2.39.